The van der Waals surface area contributed by atoms with Gasteiger partial charge in [-0.05, 0) is 47.0 Å². The van der Waals surface area contributed by atoms with Gasteiger partial charge in [0.25, 0.3) is 5.91 Å². The van der Waals surface area contributed by atoms with Crippen LogP contribution < -0.4 is 5.32 Å². The van der Waals surface area contributed by atoms with E-state index in [9.17, 15) is 4.79 Å². The Labute approximate surface area is 121 Å². The lowest BCUT2D eigenvalue weighted by atomic mass is 10.2. The zero-order valence-corrected chi connectivity index (χ0v) is 12.7. The van der Waals surface area contributed by atoms with E-state index in [0.717, 1.165) is 19.4 Å². The van der Waals surface area contributed by atoms with Crippen molar-refractivity contribution in [2.24, 2.45) is 0 Å². The SMILES string of the molecule is CCCOCCCNC(=O)c1ccc(Cl)cc1Br. The van der Waals surface area contributed by atoms with Crippen LogP contribution in [0.2, 0.25) is 5.02 Å². The predicted molar refractivity (Wildman–Crippen MR) is 77.2 cm³/mol. The molecule has 18 heavy (non-hydrogen) atoms. The highest BCUT2D eigenvalue weighted by Gasteiger charge is 2.09. The molecule has 0 spiro atoms. The number of nitrogens with one attached hydrogen (secondary N) is 1. The van der Waals surface area contributed by atoms with E-state index in [1.54, 1.807) is 18.2 Å². The van der Waals surface area contributed by atoms with E-state index in [1.807, 2.05) is 0 Å². The van der Waals surface area contributed by atoms with E-state index in [2.05, 4.69) is 28.2 Å². The molecule has 0 atom stereocenters. The summed E-state index contributed by atoms with van der Waals surface area (Å²) in [5.41, 5.74) is 0.592. The van der Waals surface area contributed by atoms with Crippen LogP contribution in [-0.2, 0) is 4.74 Å². The number of benzene rings is 1. The Balaban J connectivity index is 2.32. The van der Waals surface area contributed by atoms with Gasteiger partial charge in [0.15, 0.2) is 0 Å². The van der Waals surface area contributed by atoms with Gasteiger partial charge in [-0.3, -0.25) is 4.79 Å². The molecule has 0 aliphatic rings. The molecule has 0 bridgehead atoms. The van der Waals surface area contributed by atoms with Crippen LogP contribution in [0.25, 0.3) is 0 Å². The molecule has 0 saturated heterocycles. The highest BCUT2D eigenvalue weighted by molar-refractivity contribution is 9.10. The van der Waals surface area contributed by atoms with E-state index < -0.39 is 0 Å². The first-order valence-electron chi connectivity index (χ1n) is 5.96. The van der Waals surface area contributed by atoms with Crippen LogP contribution in [0.4, 0.5) is 0 Å². The fourth-order valence-corrected chi connectivity index (χ4v) is 2.25. The third kappa shape index (κ3) is 5.38. The van der Waals surface area contributed by atoms with Gasteiger partial charge in [-0.1, -0.05) is 18.5 Å². The number of carbonyl (C=O) groups is 1. The lowest BCUT2D eigenvalue weighted by Crippen LogP contribution is -2.25. The Hall–Kier alpha value is -0.580. The highest BCUT2D eigenvalue weighted by atomic mass is 79.9. The van der Waals surface area contributed by atoms with Gasteiger partial charge in [0.1, 0.15) is 0 Å². The second kappa shape index (κ2) is 8.51. The van der Waals surface area contributed by atoms with Crippen molar-refractivity contribution in [2.75, 3.05) is 19.8 Å². The van der Waals surface area contributed by atoms with E-state index in [1.165, 1.54) is 0 Å². The fourth-order valence-electron chi connectivity index (χ4n) is 1.39. The second-order valence-electron chi connectivity index (χ2n) is 3.85. The number of hydrogen-bond donors (Lipinski definition) is 1. The number of hydrogen-bond acceptors (Lipinski definition) is 2. The van der Waals surface area contributed by atoms with E-state index in [0.29, 0.717) is 28.2 Å². The largest absolute Gasteiger partial charge is 0.381 e. The van der Waals surface area contributed by atoms with Crippen molar-refractivity contribution < 1.29 is 9.53 Å². The maximum absolute atomic E-state index is 11.8. The molecule has 1 rings (SSSR count). The maximum Gasteiger partial charge on any atom is 0.252 e. The second-order valence-corrected chi connectivity index (χ2v) is 5.14. The molecular weight excluding hydrogens is 318 g/mol. The summed E-state index contributed by atoms with van der Waals surface area (Å²) >= 11 is 9.14. The summed E-state index contributed by atoms with van der Waals surface area (Å²) in [4.78, 5) is 11.8. The van der Waals surface area contributed by atoms with Crippen molar-refractivity contribution in [1.82, 2.24) is 5.32 Å². The van der Waals surface area contributed by atoms with Gasteiger partial charge in [-0.2, -0.15) is 0 Å². The Morgan fingerprint density at radius 3 is 2.89 bits per heavy atom. The minimum Gasteiger partial charge on any atom is -0.381 e. The zero-order valence-electron chi connectivity index (χ0n) is 10.3. The molecule has 0 aliphatic heterocycles. The molecule has 0 saturated carbocycles. The summed E-state index contributed by atoms with van der Waals surface area (Å²) in [6.45, 7) is 4.13. The monoisotopic (exact) mass is 333 g/mol. The normalized spacial score (nSPS) is 10.4. The summed E-state index contributed by atoms with van der Waals surface area (Å²) < 4.78 is 6.04. The molecule has 1 aromatic rings. The molecule has 0 radical (unpaired) electrons. The third-order valence-electron chi connectivity index (χ3n) is 2.28. The Morgan fingerprint density at radius 1 is 1.44 bits per heavy atom. The van der Waals surface area contributed by atoms with Crippen LogP contribution in [0.3, 0.4) is 0 Å². The fraction of sp³-hybridized carbons (Fsp3) is 0.462. The average Bonchev–Trinajstić information content (AvgIpc) is 2.33. The van der Waals surface area contributed by atoms with Crippen molar-refractivity contribution in [3.05, 3.63) is 33.3 Å². The number of amides is 1. The standard InChI is InChI=1S/C13H17BrClNO2/c1-2-7-18-8-3-6-16-13(17)11-5-4-10(15)9-12(11)14/h4-5,9H,2-3,6-8H2,1H3,(H,16,17). The Bertz CT molecular complexity index is 399. The lowest BCUT2D eigenvalue weighted by Gasteiger charge is -2.07. The summed E-state index contributed by atoms with van der Waals surface area (Å²) in [5.74, 6) is -0.103. The number of halogens is 2. The Morgan fingerprint density at radius 2 is 2.22 bits per heavy atom. The van der Waals surface area contributed by atoms with Crippen LogP contribution in [-0.4, -0.2) is 25.7 Å². The van der Waals surface area contributed by atoms with Gasteiger partial charge in [0, 0.05) is 29.3 Å². The molecule has 1 N–H and O–H groups in total. The predicted octanol–water partition coefficient (Wildman–Crippen LogP) is 3.65. The summed E-state index contributed by atoms with van der Waals surface area (Å²) in [7, 11) is 0. The van der Waals surface area contributed by atoms with Gasteiger partial charge in [-0.15, -0.1) is 0 Å². The zero-order chi connectivity index (χ0) is 13.4. The number of ether oxygens (including phenoxy) is 1. The average molecular weight is 335 g/mol. The minimum absolute atomic E-state index is 0.103. The van der Waals surface area contributed by atoms with Crippen molar-refractivity contribution in [2.45, 2.75) is 19.8 Å². The van der Waals surface area contributed by atoms with Crippen molar-refractivity contribution in [1.29, 1.82) is 0 Å². The van der Waals surface area contributed by atoms with Crippen LogP contribution >= 0.6 is 27.5 Å². The molecular formula is C13H17BrClNO2. The number of carbonyl (C=O) groups excluding carboxylic acids is 1. The van der Waals surface area contributed by atoms with Crippen LogP contribution in [0.5, 0.6) is 0 Å². The molecule has 0 unspecified atom stereocenters. The van der Waals surface area contributed by atoms with Crippen molar-refractivity contribution in [3.8, 4) is 0 Å². The minimum atomic E-state index is -0.103. The molecule has 0 aromatic heterocycles. The first kappa shape index (κ1) is 15.5. The molecule has 5 heteroatoms. The Kier molecular flexibility index (Phi) is 7.32. The molecule has 100 valence electrons. The van der Waals surface area contributed by atoms with Crippen LogP contribution in [0.1, 0.15) is 30.1 Å². The smallest absolute Gasteiger partial charge is 0.252 e. The number of rotatable bonds is 7. The van der Waals surface area contributed by atoms with Gasteiger partial charge in [0.05, 0.1) is 5.56 Å². The molecule has 1 amide bonds. The summed E-state index contributed by atoms with van der Waals surface area (Å²) in [6.07, 6.45) is 1.83. The van der Waals surface area contributed by atoms with Crippen molar-refractivity contribution in [3.63, 3.8) is 0 Å². The van der Waals surface area contributed by atoms with E-state index >= 15 is 0 Å². The topological polar surface area (TPSA) is 38.3 Å². The van der Waals surface area contributed by atoms with Crippen LogP contribution in [0, 0.1) is 0 Å². The van der Waals surface area contributed by atoms with Gasteiger partial charge >= 0.3 is 0 Å². The lowest BCUT2D eigenvalue weighted by molar-refractivity contribution is 0.0940. The van der Waals surface area contributed by atoms with Gasteiger partial charge in [0.2, 0.25) is 0 Å². The highest BCUT2D eigenvalue weighted by Crippen LogP contribution is 2.21. The summed E-state index contributed by atoms with van der Waals surface area (Å²) in [5, 5.41) is 3.45. The van der Waals surface area contributed by atoms with E-state index in [-0.39, 0.29) is 5.91 Å². The van der Waals surface area contributed by atoms with Crippen molar-refractivity contribution >= 4 is 33.4 Å². The molecule has 0 aliphatic carbocycles. The molecule has 3 nitrogen and oxygen atoms in total. The molecule has 0 fully saturated rings. The van der Waals surface area contributed by atoms with Crippen LogP contribution in [0.15, 0.2) is 22.7 Å². The summed E-state index contributed by atoms with van der Waals surface area (Å²) in [6, 6.07) is 5.11. The first-order valence-corrected chi connectivity index (χ1v) is 7.13. The van der Waals surface area contributed by atoms with Gasteiger partial charge < -0.3 is 10.1 Å². The molecule has 0 heterocycles. The first-order chi connectivity index (χ1) is 8.65. The van der Waals surface area contributed by atoms with E-state index in [4.69, 9.17) is 16.3 Å². The third-order valence-corrected chi connectivity index (χ3v) is 3.17. The van der Waals surface area contributed by atoms with Gasteiger partial charge in [-0.25, -0.2) is 0 Å². The molecule has 1 aromatic carbocycles. The maximum atomic E-state index is 11.8. The quantitative estimate of drug-likeness (QED) is 0.773.